The molecule has 0 heterocycles. The van der Waals surface area contributed by atoms with Crippen molar-refractivity contribution in [3.8, 4) is 0 Å². The number of hydrogen-bond acceptors (Lipinski definition) is 5. The minimum Gasteiger partial charge on any atom is -0.566 e. The van der Waals surface area contributed by atoms with Gasteiger partial charge < -0.3 is 4.89 Å². The Kier molecular flexibility index (Phi) is 4.11. The zero-order chi connectivity index (χ0) is 11.4. The van der Waals surface area contributed by atoms with Gasteiger partial charge in [-0.05, 0) is 16.7 Å². The van der Waals surface area contributed by atoms with Crippen LogP contribution in [-0.4, -0.2) is 4.92 Å². The van der Waals surface area contributed by atoms with Gasteiger partial charge in [0, 0.05) is 11.1 Å². The number of nitro groups is 1. The van der Waals surface area contributed by atoms with Gasteiger partial charge in [-0.2, -0.15) is 0 Å². The maximum Gasteiger partial charge on any atom is 0.488 e. The predicted molar refractivity (Wildman–Crippen MR) is 50.5 cm³/mol. The monoisotopic (exact) mass is 249 g/mol. The standard InChI is InChI=1S/C7H5ClNO5P/c8-6-2-1-5(4-14-15(12)13)7(3-6)9(10)11/h1-3H,4H2. The molecule has 0 saturated carbocycles. The summed E-state index contributed by atoms with van der Waals surface area (Å²) in [5.74, 6) is 0. The zero-order valence-corrected chi connectivity index (χ0v) is 8.90. The lowest BCUT2D eigenvalue weighted by Gasteiger charge is -1.99. The Morgan fingerprint density at radius 2 is 2.20 bits per heavy atom. The third-order valence-electron chi connectivity index (χ3n) is 1.57. The van der Waals surface area contributed by atoms with Crippen LogP contribution in [0.4, 0.5) is 5.69 Å². The first-order chi connectivity index (χ1) is 7.00. The van der Waals surface area contributed by atoms with Gasteiger partial charge in [0.1, 0.15) is 6.61 Å². The summed E-state index contributed by atoms with van der Waals surface area (Å²) >= 11 is 5.56. The molecule has 0 bridgehead atoms. The molecular formula is C7H5ClNO5P. The number of benzene rings is 1. The van der Waals surface area contributed by atoms with Crippen LogP contribution in [0.2, 0.25) is 5.02 Å². The molecule has 8 heteroatoms. The lowest BCUT2D eigenvalue weighted by Crippen LogP contribution is -1.98. The van der Waals surface area contributed by atoms with Gasteiger partial charge in [0.15, 0.2) is 0 Å². The molecule has 15 heavy (non-hydrogen) atoms. The number of hydrogen-bond donors (Lipinski definition) is 0. The summed E-state index contributed by atoms with van der Waals surface area (Å²) in [5.41, 5.74) is -0.108. The average molecular weight is 250 g/mol. The highest BCUT2D eigenvalue weighted by Gasteiger charge is 2.16. The van der Waals surface area contributed by atoms with E-state index in [9.17, 15) is 19.6 Å². The molecule has 1 unspecified atom stereocenters. The summed E-state index contributed by atoms with van der Waals surface area (Å²) in [6.45, 7) is -0.369. The molecule has 1 aromatic carbocycles. The van der Waals surface area contributed by atoms with Crippen molar-refractivity contribution in [2.75, 3.05) is 0 Å². The third kappa shape index (κ3) is 3.53. The van der Waals surface area contributed by atoms with Crippen LogP contribution < -0.4 is 4.89 Å². The van der Waals surface area contributed by atoms with Crippen LogP contribution in [0.3, 0.4) is 0 Å². The Morgan fingerprint density at radius 1 is 1.53 bits per heavy atom. The average Bonchev–Trinajstić information content (AvgIpc) is 2.15. The molecule has 0 amide bonds. The minimum absolute atomic E-state index is 0.156. The van der Waals surface area contributed by atoms with Crippen molar-refractivity contribution < 1.29 is 18.9 Å². The van der Waals surface area contributed by atoms with Crippen molar-refractivity contribution in [3.63, 3.8) is 0 Å². The van der Waals surface area contributed by atoms with E-state index in [0.717, 1.165) is 6.07 Å². The normalized spacial score (nSPS) is 11.2. The van der Waals surface area contributed by atoms with Crippen molar-refractivity contribution >= 4 is 25.5 Å². The molecule has 1 aromatic rings. The van der Waals surface area contributed by atoms with E-state index in [0.29, 0.717) is 0 Å². The maximum atomic E-state index is 10.6. The molecule has 0 radical (unpaired) electrons. The van der Waals surface area contributed by atoms with E-state index in [1.165, 1.54) is 12.1 Å². The summed E-state index contributed by atoms with van der Waals surface area (Å²) in [6, 6.07) is 3.91. The Balaban J connectivity index is 2.95. The topological polar surface area (TPSA) is 92.5 Å². The molecule has 0 fully saturated rings. The number of nitro benzene ring substituents is 1. The molecular weight excluding hydrogens is 245 g/mol. The maximum absolute atomic E-state index is 10.6. The molecule has 0 aliphatic rings. The van der Waals surface area contributed by atoms with Crippen molar-refractivity contribution in [2.24, 2.45) is 0 Å². The van der Waals surface area contributed by atoms with Crippen LogP contribution in [-0.2, 0) is 15.7 Å². The van der Waals surface area contributed by atoms with E-state index >= 15 is 0 Å². The van der Waals surface area contributed by atoms with Crippen molar-refractivity contribution in [3.05, 3.63) is 38.9 Å². The van der Waals surface area contributed by atoms with Crippen molar-refractivity contribution in [1.29, 1.82) is 0 Å². The first kappa shape index (κ1) is 12.0. The number of halogens is 1. The Labute approximate surface area is 90.5 Å². The number of nitrogens with zero attached hydrogens (tertiary/aromatic N) is 1. The first-order valence-electron chi connectivity index (χ1n) is 3.71. The van der Waals surface area contributed by atoms with E-state index in [4.69, 9.17) is 11.6 Å². The summed E-state index contributed by atoms with van der Waals surface area (Å²) in [7, 11) is -3.02. The van der Waals surface area contributed by atoms with Crippen molar-refractivity contribution in [2.45, 2.75) is 6.61 Å². The minimum atomic E-state index is -3.02. The highest BCUT2D eigenvalue weighted by atomic mass is 35.5. The molecule has 1 rings (SSSR count). The molecule has 6 nitrogen and oxygen atoms in total. The van der Waals surface area contributed by atoms with Gasteiger partial charge >= 0.3 is 8.25 Å². The van der Waals surface area contributed by atoms with Crippen LogP contribution >= 0.6 is 19.9 Å². The second-order valence-electron chi connectivity index (χ2n) is 2.53. The first-order valence-corrected chi connectivity index (χ1v) is 5.18. The molecule has 0 aromatic heterocycles. The Hall–Kier alpha value is -1.07. The molecule has 0 spiro atoms. The molecule has 1 atom stereocenters. The van der Waals surface area contributed by atoms with Crippen LogP contribution in [0, 0.1) is 10.1 Å². The summed E-state index contributed by atoms with van der Waals surface area (Å²) in [6.07, 6.45) is 0. The van der Waals surface area contributed by atoms with E-state index in [1.54, 1.807) is 0 Å². The number of rotatable bonds is 4. The fourth-order valence-electron chi connectivity index (χ4n) is 0.951. The lowest BCUT2D eigenvalue weighted by atomic mass is 10.2. The second-order valence-corrected chi connectivity index (χ2v) is 3.67. The van der Waals surface area contributed by atoms with Gasteiger partial charge in [-0.25, -0.2) is 0 Å². The van der Waals surface area contributed by atoms with Crippen LogP contribution in [0.25, 0.3) is 0 Å². The van der Waals surface area contributed by atoms with Crippen LogP contribution in [0.5, 0.6) is 0 Å². The van der Waals surface area contributed by atoms with Gasteiger partial charge in [0.05, 0.1) is 10.5 Å². The van der Waals surface area contributed by atoms with Crippen LogP contribution in [0.1, 0.15) is 5.56 Å². The quantitative estimate of drug-likeness (QED) is 0.461. The van der Waals surface area contributed by atoms with Gasteiger partial charge in [-0.15, -0.1) is 4.52 Å². The Bertz CT molecular complexity index is 410. The van der Waals surface area contributed by atoms with Crippen molar-refractivity contribution in [1.82, 2.24) is 0 Å². The third-order valence-corrected chi connectivity index (χ3v) is 2.14. The van der Waals surface area contributed by atoms with Gasteiger partial charge in [-0.1, -0.05) is 11.6 Å². The highest BCUT2D eigenvalue weighted by molar-refractivity contribution is 7.30. The smallest absolute Gasteiger partial charge is 0.488 e. The van der Waals surface area contributed by atoms with Gasteiger partial charge in [-0.3, -0.25) is 10.1 Å². The molecule has 80 valence electrons. The molecule has 0 saturated heterocycles. The second kappa shape index (κ2) is 5.14. The van der Waals surface area contributed by atoms with Gasteiger partial charge in [0.2, 0.25) is 0 Å². The predicted octanol–water partition coefficient (Wildman–Crippen LogP) is 1.78. The van der Waals surface area contributed by atoms with Crippen LogP contribution in [0.15, 0.2) is 18.2 Å². The Morgan fingerprint density at radius 3 is 2.73 bits per heavy atom. The fourth-order valence-corrected chi connectivity index (χ4v) is 1.36. The van der Waals surface area contributed by atoms with E-state index in [2.05, 4.69) is 4.52 Å². The molecule has 0 aliphatic heterocycles. The van der Waals surface area contributed by atoms with E-state index in [1.807, 2.05) is 0 Å². The molecule has 0 N–H and O–H groups in total. The van der Waals surface area contributed by atoms with Gasteiger partial charge in [0.25, 0.3) is 5.69 Å². The largest absolute Gasteiger partial charge is 0.566 e. The molecule has 0 aliphatic carbocycles. The summed E-state index contributed by atoms with van der Waals surface area (Å²) in [5, 5.41) is 10.8. The SMILES string of the molecule is O=[N+]([O-])c1cc(Cl)ccc1CO[P+](=O)[O-]. The lowest BCUT2D eigenvalue weighted by molar-refractivity contribution is -0.385. The van der Waals surface area contributed by atoms with E-state index < -0.39 is 13.2 Å². The summed E-state index contributed by atoms with van der Waals surface area (Å²) < 4.78 is 14.4. The van der Waals surface area contributed by atoms with E-state index in [-0.39, 0.29) is 22.9 Å². The highest BCUT2D eigenvalue weighted by Crippen LogP contribution is 2.25. The summed E-state index contributed by atoms with van der Waals surface area (Å²) in [4.78, 5) is 20.0. The zero-order valence-electron chi connectivity index (χ0n) is 7.25. The fraction of sp³-hybridized carbons (Fsp3) is 0.143.